The van der Waals surface area contributed by atoms with Crippen LogP contribution in [-0.2, 0) is 4.74 Å². The Hall–Kier alpha value is -2.22. The van der Waals surface area contributed by atoms with Gasteiger partial charge in [-0.15, -0.1) is 19.1 Å². The van der Waals surface area contributed by atoms with E-state index in [-0.39, 0.29) is 12.3 Å². The Kier molecular flexibility index (Phi) is 15.4. The molecule has 1 saturated carbocycles. The molecule has 2 unspecified atom stereocenters. The quantitative estimate of drug-likeness (QED) is 0.188. The van der Waals surface area contributed by atoms with E-state index >= 15 is 0 Å². The number of amidine groups is 1. The highest BCUT2D eigenvalue weighted by Crippen LogP contribution is 2.36. The van der Waals surface area contributed by atoms with Crippen molar-refractivity contribution in [3.05, 3.63) is 48.5 Å². The Morgan fingerprint density at radius 2 is 1.89 bits per heavy atom. The van der Waals surface area contributed by atoms with Crippen molar-refractivity contribution >= 4 is 25.0 Å². The maximum Gasteiger partial charge on any atom is 0.391 e. The molecule has 3 rings (SSSR count). The summed E-state index contributed by atoms with van der Waals surface area (Å²) in [6.45, 7) is 15.3. The number of rotatable bonds is 9. The summed E-state index contributed by atoms with van der Waals surface area (Å²) >= 11 is 0. The number of alkyl halides is 3. The Balaban J connectivity index is 0.000000574. The maximum absolute atomic E-state index is 13.0. The van der Waals surface area contributed by atoms with Crippen LogP contribution in [0.15, 0.2) is 58.5 Å². The molecule has 0 aromatic rings. The van der Waals surface area contributed by atoms with E-state index in [0.717, 1.165) is 48.7 Å². The van der Waals surface area contributed by atoms with Gasteiger partial charge in [-0.3, -0.25) is 4.99 Å². The van der Waals surface area contributed by atoms with Crippen LogP contribution in [-0.4, -0.2) is 51.0 Å². The summed E-state index contributed by atoms with van der Waals surface area (Å²) < 4.78 is 44.5. The first kappa shape index (κ1) is 32.8. The standard InChI is InChI=1S/C21H31F3N2O.C6H9BN.C2H4/c1-5-18(12-14(2)21(22,23)24)16(4)19-7-6-15(3)26-20(19)25-13-17-8-10-27-11-9-17;8-5-1-4-7-6-2-3-6;1-2/h6-7,14,17-18H,5,8-13H2,1-4H3;1,4-6,8H,2-3H2;1-2H2/b19-16+,25-20?;4-1-,8-5?;. The molecule has 8 heteroatoms. The van der Waals surface area contributed by atoms with Crippen molar-refractivity contribution in [3.63, 3.8) is 0 Å². The monoisotopic (exact) mass is 518 g/mol. The van der Waals surface area contributed by atoms with Crippen LogP contribution in [0.3, 0.4) is 0 Å². The normalized spacial score (nSPS) is 22.2. The van der Waals surface area contributed by atoms with Gasteiger partial charge in [0.15, 0.2) is 5.84 Å². The number of nitrogens with one attached hydrogen (secondary N) is 1. The predicted octanol–water partition coefficient (Wildman–Crippen LogP) is 8.01. The minimum absolute atomic E-state index is 0.0963. The fourth-order valence-corrected chi connectivity index (χ4v) is 4.11. The smallest absolute Gasteiger partial charge is 0.381 e. The van der Waals surface area contributed by atoms with Crippen molar-refractivity contribution in [2.45, 2.75) is 78.2 Å². The van der Waals surface area contributed by atoms with Crippen LogP contribution in [0.2, 0.25) is 5.82 Å². The first-order valence-corrected chi connectivity index (χ1v) is 13.3. The molecule has 2 fully saturated rings. The van der Waals surface area contributed by atoms with E-state index in [9.17, 15) is 13.2 Å². The van der Waals surface area contributed by atoms with Crippen molar-refractivity contribution in [3.8, 4) is 0 Å². The molecule has 2 aliphatic heterocycles. The van der Waals surface area contributed by atoms with E-state index in [1.54, 1.807) is 6.08 Å². The predicted molar refractivity (Wildman–Crippen MR) is 152 cm³/mol. The number of hydrogen-bond donors (Lipinski definition) is 1. The van der Waals surface area contributed by atoms with Crippen LogP contribution < -0.4 is 0 Å². The number of ether oxygens (including phenoxy) is 1. The number of allylic oxidation sites excluding steroid dienone is 3. The second kappa shape index (κ2) is 17.3. The topological polar surface area (TPSA) is 57.8 Å². The number of hydrogen-bond acceptors (Lipinski definition) is 3. The van der Waals surface area contributed by atoms with Crippen LogP contribution in [0.5, 0.6) is 0 Å². The Bertz CT molecular complexity index is 851. The van der Waals surface area contributed by atoms with E-state index < -0.39 is 12.1 Å². The molecule has 1 saturated heterocycles. The van der Waals surface area contributed by atoms with Gasteiger partial charge in [0.1, 0.15) is 7.28 Å². The Labute approximate surface area is 222 Å². The maximum atomic E-state index is 13.0. The molecule has 2 atom stereocenters. The third kappa shape index (κ3) is 12.7. The van der Waals surface area contributed by atoms with Gasteiger partial charge in [0.25, 0.3) is 0 Å². The molecule has 0 bridgehead atoms. The molecular weight excluding hydrogens is 474 g/mol. The highest BCUT2D eigenvalue weighted by atomic mass is 19.4. The SMILES string of the molecule is C=C.CCC(CC(C)C(F)(F)F)/C(C)=C1\C=CC(C)=NC1=NCC1CCOCC1.N=C/C=C\[B]C1CC1. The highest BCUT2D eigenvalue weighted by Gasteiger charge is 2.37. The van der Waals surface area contributed by atoms with Gasteiger partial charge in [-0.2, -0.15) is 13.2 Å². The summed E-state index contributed by atoms with van der Waals surface area (Å²) in [7, 11) is 2.16. The molecule has 0 spiro atoms. The van der Waals surface area contributed by atoms with Crippen LogP contribution in [0.1, 0.15) is 66.2 Å². The summed E-state index contributed by atoms with van der Waals surface area (Å²) in [4.78, 5) is 9.33. The Morgan fingerprint density at radius 3 is 2.43 bits per heavy atom. The molecular formula is C29H44BF3N3O. The first-order valence-electron chi connectivity index (χ1n) is 13.3. The van der Waals surface area contributed by atoms with Crippen molar-refractivity contribution in [1.29, 1.82) is 5.41 Å². The number of halogens is 3. The Morgan fingerprint density at radius 1 is 1.24 bits per heavy atom. The summed E-state index contributed by atoms with van der Waals surface area (Å²) in [5, 5.41) is 6.64. The lowest BCUT2D eigenvalue weighted by molar-refractivity contribution is -0.173. The van der Waals surface area contributed by atoms with Crippen molar-refractivity contribution < 1.29 is 17.9 Å². The summed E-state index contributed by atoms with van der Waals surface area (Å²) in [6.07, 6.45) is 8.21. The van der Waals surface area contributed by atoms with Gasteiger partial charge in [-0.1, -0.05) is 44.2 Å². The van der Waals surface area contributed by atoms with Gasteiger partial charge in [-0.25, -0.2) is 4.99 Å². The van der Waals surface area contributed by atoms with Gasteiger partial charge in [-0.05, 0) is 63.5 Å². The molecule has 205 valence electrons. The zero-order valence-corrected chi connectivity index (χ0v) is 23.0. The number of nitrogens with zero attached hydrogens (tertiary/aromatic N) is 2. The fourth-order valence-electron chi connectivity index (χ4n) is 4.11. The van der Waals surface area contributed by atoms with Gasteiger partial charge < -0.3 is 10.1 Å². The minimum atomic E-state index is -4.16. The molecule has 0 amide bonds. The zero-order valence-electron chi connectivity index (χ0n) is 23.0. The average molecular weight is 518 g/mol. The fraction of sp³-hybridized carbons (Fsp3) is 0.621. The lowest BCUT2D eigenvalue weighted by Gasteiger charge is -2.25. The van der Waals surface area contributed by atoms with Crippen LogP contribution >= 0.6 is 0 Å². The lowest BCUT2D eigenvalue weighted by atomic mass is 9.72. The molecule has 1 radical (unpaired) electrons. The third-order valence-corrected chi connectivity index (χ3v) is 6.79. The second-order valence-corrected chi connectivity index (χ2v) is 9.77. The molecule has 1 aliphatic carbocycles. The number of dihydropyridines is 1. The third-order valence-electron chi connectivity index (χ3n) is 6.79. The molecule has 0 aromatic carbocycles. The van der Waals surface area contributed by atoms with E-state index in [2.05, 4.69) is 25.4 Å². The average Bonchev–Trinajstić information content (AvgIpc) is 3.72. The van der Waals surface area contributed by atoms with Crippen molar-refractivity contribution in [2.75, 3.05) is 19.8 Å². The lowest BCUT2D eigenvalue weighted by Crippen LogP contribution is -2.24. The molecule has 37 heavy (non-hydrogen) atoms. The van der Waals surface area contributed by atoms with Crippen LogP contribution in [0.4, 0.5) is 13.2 Å². The highest BCUT2D eigenvalue weighted by molar-refractivity contribution is 6.45. The van der Waals surface area contributed by atoms with Crippen LogP contribution in [0.25, 0.3) is 0 Å². The van der Waals surface area contributed by atoms with Gasteiger partial charge >= 0.3 is 6.18 Å². The molecule has 0 aromatic heterocycles. The summed E-state index contributed by atoms with van der Waals surface area (Å²) in [6, 6.07) is 0. The van der Waals surface area contributed by atoms with Gasteiger partial charge in [0.2, 0.25) is 0 Å². The summed E-state index contributed by atoms with van der Waals surface area (Å²) in [5.74, 6) is 2.48. The molecule has 2 heterocycles. The molecule has 4 nitrogen and oxygen atoms in total. The second-order valence-electron chi connectivity index (χ2n) is 9.77. The van der Waals surface area contributed by atoms with E-state index in [4.69, 9.17) is 15.1 Å². The molecule has 3 aliphatic rings. The molecule has 1 N–H and O–H groups in total. The van der Waals surface area contributed by atoms with E-state index in [0.29, 0.717) is 24.7 Å². The van der Waals surface area contributed by atoms with Crippen molar-refractivity contribution in [1.82, 2.24) is 0 Å². The van der Waals surface area contributed by atoms with Gasteiger partial charge in [0, 0.05) is 37.3 Å². The van der Waals surface area contributed by atoms with Gasteiger partial charge in [0.05, 0.1) is 5.92 Å². The van der Waals surface area contributed by atoms with Crippen LogP contribution in [0, 0.1) is 23.2 Å². The largest absolute Gasteiger partial charge is 0.391 e. The first-order chi connectivity index (χ1) is 17.7. The minimum Gasteiger partial charge on any atom is -0.381 e. The van der Waals surface area contributed by atoms with E-state index in [1.165, 1.54) is 26.0 Å². The van der Waals surface area contributed by atoms with E-state index in [1.807, 2.05) is 38.9 Å². The number of aliphatic imine (C=N–C) groups is 2. The summed E-state index contributed by atoms with van der Waals surface area (Å²) in [5.41, 5.74) is 2.70. The zero-order chi connectivity index (χ0) is 27.8. The van der Waals surface area contributed by atoms with Crippen molar-refractivity contribution in [2.24, 2.45) is 27.7 Å².